The molecule has 0 bridgehead atoms. The summed E-state index contributed by atoms with van der Waals surface area (Å²) in [5, 5.41) is 23.4. The highest BCUT2D eigenvalue weighted by molar-refractivity contribution is 5.96. The van der Waals surface area contributed by atoms with Gasteiger partial charge in [-0.3, -0.25) is 14.4 Å². The van der Waals surface area contributed by atoms with Crippen LogP contribution in [0.4, 0.5) is 0 Å². The second-order valence-corrected chi connectivity index (χ2v) is 8.76. The number of rotatable bonds is 9. The molecule has 2 aromatic carbocycles. The SMILES string of the molecule is CCC(=O)N(Cc1ccccc1)C1C=C(C(=O)NCCO)C2c3cc(C=O)cc(OC)c3OC2C1O. The number of fused-ring (bicyclic) bond motifs is 3. The van der Waals surface area contributed by atoms with Gasteiger partial charge in [-0.2, -0.15) is 0 Å². The molecule has 0 saturated heterocycles. The first-order chi connectivity index (χ1) is 17.4. The molecule has 0 fully saturated rings. The van der Waals surface area contributed by atoms with Crippen molar-refractivity contribution < 1.29 is 34.1 Å². The zero-order chi connectivity index (χ0) is 25.8. The number of nitrogens with one attached hydrogen (secondary N) is 1. The number of ether oxygens (including phenoxy) is 2. The van der Waals surface area contributed by atoms with Crippen molar-refractivity contribution in [3.63, 3.8) is 0 Å². The number of hydrogen-bond donors (Lipinski definition) is 3. The summed E-state index contributed by atoms with van der Waals surface area (Å²) >= 11 is 0. The Morgan fingerprint density at radius 1 is 1.22 bits per heavy atom. The number of methoxy groups -OCH3 is 1. The fraction of sp³-hybridized carbons (Fsp3) is 0.370. The zero-order valence-corrected chi connectivity index (χ0v) is 20.2. The monoisotopic (exact) mass is 494 g/mol. The van der Waals surface area contributed by atoms with Crippen LogP contribution in [0.25, 0.3) is 0 Å². The molecule has 4 unspecified atom stereocenters. The van der Waals surface area contributed by atoms with Crippen molar-refractivity contribution in [2.45, 2.75) is 44.1 Å². The normalized spacial score (nSPS) is 21.9. The van der Waals surface area contributed by atoms with Crippen molar-refractivity contribution in [1.29, 1.82) is 0 Å². The Kier molecular flexibility index (Phi) is 7.71. The van der Waals surface area contributed by atoms with Gasteiger partial charge in [-0.05, 0) is 23.8 Å². The highest BCUT2D eigenvalue weighted by Crippen LogP contribution is 2.51. The van der Waals surface area contributed by atoms with E-state index in [4.69, 9.17) is 9.47 Å². The van der Waals surface area contributed by atoms with E-state index in [0.717, 1.165) is 5.56 Å². The average molecular weight is 495 g/mol. The molecule has 1 aliphatic carbocycles. The van der Waals surface area contributed by atoms with E-state index < -0.39 is 30.1 Å². The van der Waals surface area contributed by atoms with Crippen LogP contribution in [-0.2, 0) is 16.1 Å². The summed E-state index contributed by atoms with van der Waals surface area (Å²) in [7, 11) is 1.45. The van der Waals surface area contributed by atoms with Gasteiger partial charge in [-0.15, -0.1) is 0 Å². The summed E-state index contributed by atoms with van der Waals surface area (Å²) < 4.78 is 11.6. The van der Waals surface area contributed by atoms with Gasteiger partial charge in [0.25, 0.3) is 0 Å². The van der Waals surface area contributed by atoms with Crippen molar-refractivity contribution in [2.24, 2.45) is 0 Å². The van der Waals surface area contributed by atoms with Gasteiger partial charge in [-0.1, -0.05) is 37.3 Å². The van der Waals surface area contributed by atoms with Crippen LogP contribution in [0.2, 0.25) is 0 Å². The maximum atomic E-state index is 13.3. The predicted molar refractivity (Wildman–Crippen MR) is 131 cm³/mol. The number of aliphatic hydroxyl groups is 2. The average Bonchev–Trinajstić information content (AvgIpc) is 3.30. The molecular formula is C27H30N2O7. The van der Waals surface area contributed by atoms with Crippen molar-refractivity contribution in [1.82, 2.24) is 10.2 Å². The number of aliphatic hydroxyl groups excluding tert-OH is 2. The number of carbonyl (C=O) groups excluding carboxylic acids is 3. The number of nitrogens with zero attached hydrogens (tertiary/aromatic N) is 1. The summed E-state index contributed by atoms with van der Waals surface area (Å²) in [6, 6.07) is 11.7. The maximum Gasteiger partial charge on any atom is 0.247 e. The topological polar surface area (TPSA) is 125 Å². The molecule has 4 atom stereocenters. The molecular weight excluding hydrogens is 464 g/mol. The number of amides is 2. The van der Waals surface area contributed by atoms with E-state index in [9.17, 15) is 24.6 Å². The summed E-state index contributed by atoms with van der Waals surface area (Å²) in [6.07, 6.45) is 0.424. The van der Waals surface area contributed by atoms with Gasteiger partial charge < -0.3 is 29.9 Å². The van der Waals surface area contributed by atoms with Gasteiger partial charge in [0.15, 0.2) is 11.5 Å². The minimum absolute atomic E-state index is 0.0355. The molecule has 0 aromatic heterocycles. The molecule has 2 aliphatic rings. The van der Waals surface area contributed by atoms with Crippen molar-refractivity contribution in [2.75, 3.05) is 20.3 Å². The highest BCUT2D eigenvalue weighted by Gasteiger charge is 2.51. The van der Waals surface area contributed by atoms with Crippen molar-refractivity contribution in [3.8, 4) is 11.5 Å². The van der Waals surface area contributed by atoms with E-state index in [1.165, 1.54) is 13.2 Å². The van der Waals surface area contributed by atoms with Gasteiger partial charge in [0.05, 0.1) is 25.7 Å². The third-order valence-corrected chi connectivity index (χ3v) is 6.59. The molecule has 0 radical (unpaired) electrons. The van der Waals surface area contributed by atoms with Crippen LogP contribution < -0.4 is 14.8 Å². The number of carbonyl (C=O) groups is 3. The molecule has 3 N–H and O–H groups in total. The van der Waals surface area contributed by atoms with Gasteiger partial charge >= 0.3 is 0 Å². The molecule has 1 aliphatic heterocycles. The van der Waals surface area contributed by atoms with E-state index in [1.807, 2.05) is 30.3 Å². The van der Waals surface area contributed by atoms with Crippen molar-refractivity contribution >= 4 is 18.1 Å². The van der Waals surface area contributed by atoms with Gasteiger partial charge in [0.1, 0.15) is 18.5 Å². The molecule has 0 saturated carbocycles. The molecule has 2 aromatic rings. The fourth-order valence-corrected chi connectivity index (χ4v) is 4.90. The Labute approximate surface area is 209 Å². The van der Waals surface area contributed by atoms with Crippen LogP contribution in [-0.4, -0.2) is 71.7 Å². The van der Waals surface area contributed by atoms with E-state index >= 15 is 0 Å². The molecule has 2 amide bonds. The zero-order valence-electron chi connectivity index (χ0n) is 20.2. The third-order valence-electron chi connectivity index (χ3n) is 6.59. The summed E-state index contributed by atoms with van der Waals surface area (Å²) in [5.74, 6) is -0.687. The Morgan fingerprint density at radius 2 is 1.97 bits per heavy atom. The van der Waals surface area contributed by atoms with Crippen LogP contribution in [0, 0.1) is 0 Å². The first-order valence-corrected chi connectivity index (χ1v) is 11.9. The van der Waals surface area contributed by atoms with Gasteiger partial charge in [0, 0.05) is 36.2 Å². The fourth-order valence-electron chi connectivity index (χ4n) is 4.90. The van der Waals surface area contributed by atoms with Crippen LogP contribution in [0.5, 0.6) is 11.5 Å². The van der Waals surface area contributed by atoms with E-state index in [2.05, 4.69) is 5.32 Å². The maximum absolute atomic E-state index is 13.3. The first kappa shape index (κ1) is 25.4. The summed E-state index contributed by atoms with van der Waals surface area (Å²) in [6.45, 7) is 1.77. The molecule has 36 heavy (non-hydrogen) atoms. The second kappa shape index (κ2) is 10.9. The number of benzene rings is 2. The van der Waals surface area contributed by atoms with E-state index in [1.54, 1.807) is 24.0 Å². The second-order valence-electron chi connectivity index (χ2n) is 8.76. The van der Waals surface area contributed by atoms with Crippen LogP contribution in [0.15, 0.2) is 54.1 Å². The summed E-state index contributed by atoms with van der Waals surface area (Å²) in [4.78, 5) is 39.4. The van der Waals surface area contributed by atoms with Crippen LogP contribution >= 0.6 is 0 Å². The first-order valence-electron chi connectivity index (χ1n) is 11.9. The minimum Gasteiger partial charge on any atom is -0.493 e. The molecule has 190 valence electrons. The Balaban J connectivity index is 1.82. The van der Waals surface area contributed by atoms with E-state index in [0.29, 0.717) is 28.9 Å². The Hall–Kier alpha value is -3.69. The lowest BCUT2D eigenvalue weighted by molar-refractivity contribution is -0.137. The highest BCUT2D eigenvalue weighted by atomic mass is 16.5. The van der Waals surface area contributed by atoms with Gasteiger partial charge in [0.2, 0.25) is 11.8 Å². The molecule has 1 heterocycles. The number of aldehydes is 1. The van der Waals surface area contributed by atoms with Crippen LogP contribution in [0.1, 0.15) is 40.7 Å². The summed E-state index contributed by atoms with van der Waals surface area (Å²) in [5.41, 5.74) is 2.05. The third kappa shape index (κ3) is 4.72. The smallest absolute Gasteiger partial charge is 0.247 e. The van der Waals surface area contributed by atoms with Gasteiger partial charge in [-0.25, -0.2) is 0 Å². The van der Waals surface area contributed by atoms with Crippen LogP contribution in [0.3, 0.4) is 0 Å². The number of hydrogen-bond acceptors (Lipinski definition) is 7. The molecule has 9 nitrogen and oxygen atoms in total. The molecule has 4 rings (SSSR count). The standard InChI is InChI=1S/C27H30N2O7/c1-3-22(32)29(14-16-7-5-4-6-8-16)20-13-19(27(34)28-9-10-30)23-18-11-17(15-31)12-21(35-2)25(18)36-26(23)24(20)33/h4-8,11-13,15,20,23-24,26,30,33H,3,9-10,14H2,1-2H3,(H,28,34). The molecule has 9 heteroatoms. The minimum atomic E-state index is -1.17. The van der Waals surface area contributed by atoms with Crippen molar-refractivity contribution in [3.05, 3.63) is 70.8 Å². The molecule has 0 spiro atoms. The Morgan fingerprint density at radius 3 is 2.61 bits per heavy atom. The quantitative estimate of drug-likeness (QED) is 0.452. The van der Waals surface area contributed by atoms with E-state index in [-0.39, 0.29) is 37.6 Å². The lowest BCUT2D eigenvalue weighted by Gasteiger charge is -2.40. The lowest BCUT2D eigenvalue weighted by Crippen LogP contribution is -2.55. The largest absolute Gasteiger partial charge is 0.493 e. The Bertz CT molecular complexity index is 1160. The predicted octanol–water partition coefficient (Wildman–Crippen LogP) is 1.57. The lowest BCUT2D eigenvalue weighted by atomic mass is 9.77.